The molecule has 5 aromatic carbocycles. The summed E-state index contributed by atoms with van der Waals surface area (Å²) in [5.41, 5.74) is 15.5. The van der Waals surface area contributed by atoms with E-state index in [2.05, 4.69) is 299 Å². The molecular weight excluding hydrogens is 1570 g/mol. The van der Waals surface area contributed by atoms with Crippen molar-refractivity contribution in [3.8, 4) is 0 Å². The molecule has 8 nitrogen and oxygen atoms in total. The van der Waals surface area contributed by atoms with Crippen molar-refractivity contribution in [1.82, 2.24) is 0 Å². The zero-order valence-electron chi connectivity index (χ0n) is 68.4. The van der Waals surface area contributed by atoms with Crippen molar-refractivity contribution >= 4 is 100 Å². The summed E-state index contributed by atoms with van der Waals surface area (Å²) in [5.74, 6) is 1.64. The van der Waals surface area contributed by atoms with E-state index in [4.69, 9.17) is 39.2 Å². The van der Waals surface area contributed by atoms with Crippen LogP contribution in [-0.4, -0.2) is 77.3 Å². The van der Waals surface area contributed by atoms with Gasteiger partial charge >= 0.3 is 80.8 Å². The smallest absolute Gasteiger partial charge is 0.668 e. The third-order valence-electron chi connectivity index (χ3n) is 12.1. The van der Waals surface area contributed by atoms with Crippen LogP contribution in [0.2, 0.25) is 157 Å². The fourth-order valence-electron chi connectivity index (χ4n) is 10.5. The van der Waals surface area contributed by atoms with Gasteiger partial charge in [0.15, 0.2) is 0 Å². The maximum Gasteiger partial charge on any atom is 3.00 e. The van der Waals surface area contributed by atoms with E-state index < -0.39 is 65.9 Å². The molecule has 0 aromatic heterocycles. The normalized spacial score (nSPS) is 12.7. The minimum absolute atomic E-state index is 0. The first-order valence-corrected chi connectivity index (χ1v) is 62.2. The molecule has 0 heterocycles. The van der Waals surface area contributed by atoms with Crippen LogP contribution in [0.4, 0.5) is 22.7 Å². The van der Waals surface area contributed by atoms with Gasteiger partial charge in [0.1, 0.15) is 0 Å². The second-order valence-corrected chi connectivity index (χ2v) is 72.4. The van der Waals surface area contributed by atoms with Gasteiger partial charge in [-0.2, -0.15) is 11.4 Å². The van der Waals surface area contributed by atoms with Gasteiger partial charge in [-0.25, -0.2) is 0 Å². The number of aryl methyl sites for hydroxylation is 2. The summed E-state index contributed by atoms with van der Waals surface area (Å²) in [5, 5.41) is 9.64. The molecule has 0 saturated carbocycles. The standard InChI is InChI=1S/C40H52N4.2C7H8.4C6H18NSi2.2Sm/c1-25(2)35-15-13-16-36(26(3)4)39(35)43-31(11)23-29(9)41-33-19-21-34(22-20-33)42-30(10)24-32(12)44-40-37(27(5)6)17-14-18-38(40)28(7)8;2*1-7-5-3-2-4-6-7;4*1-8(2,3)7-9(4,5)6;;/h13-28H,1-12H3;2*2-6H,1H3;4*1-6H3;;/q-2;;;4*-1;2*+3/b29-23-,30-24+,43-31?,44-32?;;;;;;;;. The van der Waals surface area contributed by atoms with Gasteiger partial charge in [0, 0.05) is 11.4 Å². The quantitative estimate of drug-likeness (QED) is 0.0546. The Kier molecular flexibility index (Phi) is 49.7. The number of aliphatic imine (C=N–C) groups is 2. The summed E-state index contributed by atoms with van der Waals surface area (Å²) < 4.78 is 19.3. The van der Waals surface area contributed by atoms with E-state index in [1.165, 1.54) is 33.4 Å². The first-order chi connectivity index (χ1) is 42.4. The fraction of sp³-hybridized carbons (Fsp3) is 0.538. The molecule has 0 aliphatic heterocycles. The van der Waals surface area contributed by atoms with Crippen LogP contribution in [0, 0.1) is 94.6 Å². The number of hydrogen-bond donors (Lipinski definition) is 0. The summed E-state index contributed by atoms with van der Waals surface area (Å²) in [6.45, 7) is 85.2. The van der Waals surface area contributed by atoms with Crippen molar-refractivity contribution in [3.05, 3.63) is 207 Å². The van der Waals surface area contributed by atoms with Gasteiger partial charge in [0.25, 0.3) is 0 Å². The van der Waals surface area contributed by atoms with Gasteiger partial charge in [-0.3, -0.25) is 9.98 Å². The summed E-state index contributed by atoms with van der Waals surface area (Å²) >= 11 is 0. The molecule has 0 spiro atoms. The molecule has 5 rings (SSSR count). The third kappa shape index (κ3) is 57.3. The Morgan fingerprint density at radius 3 is 0.615 bits per heavy atom. The number of rotatable bonds is 20. The van der Waals surface area contributed by atoms with E-state index in [9.17, 15) is 0 Å². The van der Waals surface area contributed by atoms with Gasteiger partial charge in [-0.05, 0) is 73.6 Å². The summed E-state index contributed by atoms with van der Waals surface area (Å²) in [6, 6.07) is 41.6. The van der Waals surface area contributed by atoms with Gasteiger partial charge in [0.05, 0.1) is 11.4 Å². The Morgan fingerprint density at radius 2 is 0.479 bits per heavy atom. The van der Waals surface area contributed by atoms with Crippen molar-refractivity contribution < 1.29 is 80.8 Å². The van der Waals surface area contributed by atoms with Crippen LogP contribution < -0.4 is 0 Å². The van der Waals surface area contributed by atoms with Crippen LogP contribution in [0.1, 0.15) is 140 Å². The molecule has 0 fully saturated rings. The first-order valence-electron chi connectivity index (χ1n) is 34.6. The molecular formula is C78H140N8Si8Sm2. The summed E-state index contributed by atoms with van der Waals surface area (Å²) in [4.78, 5) is 10.1. The van der Waals surface area contributed by atoms with E-state index in [1.807, 2.05) is 88.4 Å². The van der Waals surface area contributed by atoms with Crippen LogP contribution in [-0.2, 0) is 0 Å². The van der Waals surface area contributed by atoms with E-state index >= 15 is 0 Å². The number of para-hydroxylation sites is 2. The van der Waals surface area contributed by atoms with Crippen LogP contribution in [0.5, 0.6) is 0 Å². The Labute approximate surface area is 668 Å². The first kappa shape index (κ1) is 101. The maximum absolute atomic E-state index is 5.06. The van der Waals surface area contributed by atoms with Crippen LogP contribution in [0.3, 0.4) is 0 Å². The molecule has 96 heavy (non-hydrogen) atoms. The zero-order valence-corrected chi connectivity index (χ0v) is 81.6. The zero-order chi connectivity index (χ0) is 73.6. The maximum atomic E-state index is 5.06. The summed E-state index contributed by atoms with van der Waals surface area (Å²) in [7, 11) is -8.85. The van der Waals surface area contributed by atoms with Crippen molar-refractivity contribution in [3.63, 3.8) is 0 Å². The Bertz CT molecular complexity index is 2680. The van der Waals surface area contributed by atoms with E-state index in [1.54, 1.807) is 0 Å². The molecule has 0 N–H and O–H groups in total. The Hall–Kier alpha value is -1.23. The SMILES string of the molecule is CC(/C=C(/C)[N-]c1ccc([N-]/C(C)=C/C(C)=Nc2c(C(C)C)cccc2C(C)C)cc1)=Nc1c(C(C)C)cccc1C(C)C.C[Si](C)(C)[N-][Si](C)(C)C.C[Si](C)(C)[N-][Si](C)(C)C.C[Si](C)(C)[N-][Si](C)(C)C.C[Si](C)(C)[N-][Si](C)(C)C.Cc1ccccc1.Cc1ccccc1.[Sm+3].[Sm+3]. The van der Waals surface area contributed by atoms with E-state index in [0.29, 0.717) is 23.7 Å². The fourth-order valence-corrected chi connectivity index (χ4v) is 42.7. The van der Waals surface area contributed by atoms with Gasteiger partial charge in [-0.15, -0.1) is 11.4 Å². The Morgan fingerprint density at radius 1 is 0.292 bits per heavy atom. The molecule has 2 radical (unpaired) electrons. The molecule has 0 bridgehead atoms. The van der Waals surface area contributed by atoms with E-state index in [-0.39, 0.29) is 80.8 Å². The minimum Gasteiger partial charge on any atom is -0.668 e. The largest absolute Gasteiger partial charge is 3.00 e. The number of nitrogens with zero attached hydrogens (tertiary/aromatic N) is 8. The molecule has 0 amide bonds. The van der Waals surface area contributed by atoms with Crippen LogP contribution >= 0.6 is 0 Å². The topological polar surface area (TPSA) is 109 Å². The van der Waals surface area contributed by atoms with Crippen LogP contribution in [0.15, 0.2) is 155 Å². The Balaban J connectivity index is -0.000000648. The summed E-state index contributed by atoms with van der Waals surface area (Å²) in [6.07, 6.45) is 4.10. The third-order valence-corrected chi connectivity index (χ3v) is 33.6. The van der Waals surface area contributed by atoms with Gasteiger partial charge in [0.2, 0.25) is 0 Å². The molecule has 18 heteroatoms. The number of benzene rings is 5. The average molecular weight is 1720 g/mol. The van der Waals surface area contributed by atoms with Crippen molar-refractivity contribution in [1.29, 1.82) is 0 Å². The molecule has 0 unspecified atom stereocenters. The van der Waals surface area contributed by atoms with Gasteiger partial charge < -0.3 is 29.2 Å². The number of allylic oxidation sites excluding steroid dienone is 4. The van der Waals surface area contributed by atoms with Crippen molar-refractivity contribution in [2.24, 2.45) is 9.98 Å². The molecule has 536 valence electrons. The van der Waals surface area contributed by atoms with Crippen LogP contribution in [0.25, 0.3) is 29.2 Å². The predicted octanol–water partition coefficient (Wildman–Crippen LogP) is 29.7. The predicted molar refractivity (Wildman–Crippen MR) is 457 cm³/mol. The second kappa shape index (κ2) is 47.2. The number of hydrogen-bond acceptors (Lipinski definition) is 2. The average Bonchev–Trinajstić information content (AvgIpc) is 0.930. The molecule has 0 aliphatic rings. The molecule has 5 aromatic rings. The molecule has 0 atom stereocenters. The van der Waals surface area contributed by atoms with Gasteiger partial charge in [-0.1, -0.05) is 437 Å². The molecule has 0 saturated heterocycles. The monoisotopic (exact) mass is 1720 g/mol. The van der Waals surface area contributed by atoms with Crippen molar-refractivity contribution in [2.45, 2.75) is 278 Å². The molecule has 0 aliphatic carbocycles. The minimum atomic E-state index is -1.11. The van der Waals surface area contributed by atoms with E-state index in [0.717, 1.165) is 45.6 Å². The van der Waals surface area contributed by atoms with Crippen molar-refractivity contribution in [2.75, 3.05) is 0 Å². The second-order valence-electron chi connectivity index (χ2n) is 34.1.